The third kappa shape index (κ3) is 9.47. The monoisotopic (exact) mass is 685 g/mol. The molecule has 0 aromatic heterocycles. The molecule has 11 nitrogen and oxygen atoms in total. The summed E-state index contributed by atoms with van der Waals surface area (Å²) in [5, 5.41) is 2.73. The van der Waals surface area contributed by atoms with Crippen LogP contribution in [0.5, 0.6) is 28.7 Å². The Morgan fingerprint density at radius 2 is 1.46 bits per heavy atom. The molecular weight excluding hydrogens is 638 g/mol. The van der Waals surface area contributed by atoms with Crippen molar-refractivity contribution in [2.75, 3.05) is 46.8 Å². The molecule has 3 aromatic rings. The lowest BCUT2D eigenvalue weighted by molar-refractivity contribution is 0.0434. The zero-order valence-corrected chi connectivity index (χ0v) is 29.2. The number of alkyl carbamates (subject to hydrolysis) is 1. The van der Waals surface area contributed by atoms with Crippen molar-refractivity contribution in [3.05, 3.63) is 71.3 Å². The van der Waals surface area contributed by atoms with Crippen molar-refractivity contribution in [1.82, 2.24) is 5.32 Å². The summed E-state index contributed by atoms with van der Waals surface area (Å²) in [5.41, 5.74) is 2.44. The summed E-state index contributed by atoms with van der Waals surface area (Å²) in [6, 6.07) is 16.6. The van der Waals surface area contributed by atoms with Crippen molar-refractivity contribution in [3.8, 4) is 28.7 Å². The van der Waals surface area contributed by atoms with E-state index in [0.717, 1.165) is 11.1 Å². The lowest BCUT2D eigenvalue weighted by Gasteiger charge is -2.21. The third-order valence-corrected chi connectivity index (χ3v) is 9.73. The number of carbonyl (C=O) groups is 1. The first-order valence-corrected chi connectivity index (χ1v) is 18.0. The molecular formula is C36H47NO10S. The zero-order valence-electron chi connectivity index (χ0n) is 28.4. The van der Waals surface area contributed by atoms with Crippen LogP contribution in [0.4, 0.5) is 4.79 Å². The predicted octanol–water partition coefficient (Wildman–Crippen LogP) is 6.97. The highest BCUT2D eigenvalue weighted by atomic mass is 32.2. The summed E-state index contributed by atoms with van der Waals surface area (Å²) in [7, 11) is 0.988. The number of hydrogen-bond acceptors (Lipinski definition) is 10. The second-order valence-electron chi connectivity index (χ2n) is 11.4. The summed E-state index contributed by atoms with van der Waals surface area (Å²) < 4.78 is 67.7. The second-order valence-corrected chi connectivity index (χ2v) is 13.4. The first kappa shape index (κ1) is 36.7. The molecule has 0 spiro atoms. The van der Waals surface area contributed by atoms with E-state index in [1.54, 1.807) is 33.5 Å². The Hall–Kier alpha value is -4.16. The van der Waals surface area contributed by atoms with Crippen LogP contribution in [-0.4, -0.2) is 61.4 Å². The molecule has 1 amide bonds. The molecule has 1 fully saturated rings. The van der Waals surface area contributed by atoms with Gasteiger partial charge in [0.15, 0.2) is 32.8 Å². The molecule has 1 aliphatic heterocycles. The third-order valence-electron chi connectivity index (χ3n) is 7.81. The highest BCUT2D eigenvalue weighted by Crippen LogP contribution is 2.48. The van der Waals surface area contributed by atoms with Crippen LogP contribution in [0.3, 0.4) is 0 Å². The number of ether oxygens (including phenoxy) is 7. The maximum atomic E-state index is 13.6. The summed E-state index contributed by atoms with van der Waals surface area (Å²) in [5.74, 6) is 2.03. The number of methoxy groups -OCH3 is 3. The number of sulfone groups is 1. The number of carbonyl (C=O) groups excluding carboxylic acids is 1. The normalized spacial score (nSPS) is 15.9. The maximum Gasteiger partial charge on any atom is 0.407 e. The van der Waals surface area contributed by atoms with Crippen molar-refractivity contribution < 1.29 is 46.4 Å². The number of nitrogens with one attached hydrogen (secondary N) is 1. The Balaban J connectivity index is 1.52. The molecule has 262 valence electrons. The fourth-order valence-electron chi connectivity index (χ4n) is 5.48. The average Bonchev–Trinajstić information content (AvgIpc) is 3.60. The molecule has 1 heterocycles. The van der Waals surface area contributed by atoms with Gasteiger partial charge in [0.1, 0.15) is 11.5 Å². The van der Waals surface area contributed by atoms with Crippen molar-refractivity contribution in [2.45, 2.75) is 69.7 Å². The fraction of sp³-hybridized carbons (Fsp3) is 0.472. The minimum atomic E-state index is -3.69. The summed E-state index contributed by atoms with van der Waals surface area (Å²) in [4.78, 5) is 12.3. The van der Waals surface area contributed by atoms with Gasteiger partial charge >= 0.3 is 6.09 Å². The van der Waals surface area contributed by atoms with Crippen LogP contribution in [0.25, 0.3) is 0 Å². The molecule has 48 heavy (non-hydrogen) atoms. The van der Waals surface area contributed by atoms with Crippen LogP contribution in [0.15, 0.2) is 59.5 Å². The first-order chi connectivity index (χ1) is 23.2. The quantitative estimate of drug-likeness (QED) is 0.140. The predicted molar refractivity (Wildman–Crippen MR) is 181 cm³/mol. The lowest BCUT2D eigenvalue weighted by atomic mass is 10.0. The van der Waals surface area contributed by atoms with E-state index in [-0.39, 0.29) is 35.7 Å². The van der Waals surface area contributed by atoms with Gasteiger partial charge in [-0.05, 0) is 73.1 Å². The molecule has 1 aliphatic rings. The standard InChI is InChI=1S/C36H47NO10S/c1-6-17-45-35-32(44-18-11-16-37-36(38)46-24-25-12-9-8-10-13-25)22-27(23-33(35)48(39,40)19-7-2)29-15-14-28(47-29)26-20-30(41-3)34(43-5)31(21-26)42-4/h8-10,12-13,20-23,28-29H,6-7,11,14-19,24H2,1-5H3,(H,37,38)/t28-,29-/m1/s1. The number of benzene rings is 3. The van der Waals surface area contributed by atoms with Gasteiger partial charge < -0.3 is 38.5 Å². The van der Waals surface area contributed by atoms with E-state index in [0.29, 0.717) is 73.8 Å². The Kier molecular flexibility index (Phi) is 13.6. The highest BCUT2D eigenvalue weighted by Gasteiger charge is 2.33. The second kappa shape index (κ2) is 17.8. The minimum absolute atomic E-state index is 0.0347. The summed E-state index contributed by atoms with van der Waals surface area (Å²) >= 11 is 0. The van der Waals surface area contributed by atoms with Crippen molar-refractivity contribution in [1.29, 1.82) is 0 Å². The van der Waals surface area contributed by atoms with Gasteiger partial charge in [-0.3, -0.25) is 0 Å². The number of amides is 1. The molecule has 1 N–H and O–H groups in total. The maximum absolute atomic E-state index is 13.6. The lowest BCUT2D eigenvalue weighted by Crippen LogP contribution is -2.26. The summed E-state index contributed by atoms with van der Waals surface area (Å²) in [6.45, 7) is 4.78. The minimum Gasteiger partial charge on any atom is -0.493 e. The van der Waals surface area contributed by atoms with Gasteiger partial charge in [0.2, 0.25) is 5.75 Å². The van der Waals surface area contributed by atoms with Gasteiger partial charge in [0, 0.05) is 6.54 Å². The van der Waals surface area contributed by atoms with Crippen LogP contribution in [0, 0.1) is 0 Å². The topological polar surface area (TPSA) is 128 Å². The largest absolute Gasteiger partial charge is 0.493 e. The van der Waals surface area contributed by atoms with Crippen molar-refractivity contribution in [2.24, 2.45) is 0 Å². The van der Waals surface area contributed by atoms with E-state index in [4.69, 9.17) is 33.2 Å². The van der Waals surface area contributed by atoms with E-state index < -0.39 is 22.0 Å². The Morgan fingerprint density at radius 3 is 2.06 bits per heavy atom. The smallest absolute Gasteiger partial charge is 0.407 e. The van der Waals surface area contributed by atoms with E-state index in [1.807, 2.05) is 56.3 Å². The average molecular weight is 686 g/mol. The molecule has 4 rings (SSSR count). The first-order valence-electron chi connectivity index (χ1n) is 16.3. The van der Waals surface area contributed by atoms with Crippen LogP contribution in [-0.2, 0) is 25.9 Å². The Labute approximate surface area is 283 Å². The SMILES string of the molecule is CCCOc1c(OCCCNC(=O)OCc2ccccc2)cc([C@H]2CC[C@H](c3cc(OC)c(OC)c(OC)c3)O2)cc1S(=O)(=O)CCC. The van der Waals surface area contributed by atoms with Crippen molar-refractivity contribution >= 4 is 15.9 Å². The molecule has 0 radical (unpaired) electrons. The molecule has 2 atom stereocenters. The van der Waals surface area contributed by atoms with Gasteiger partial charge in [0.25, 0.3) is 0 Å². The molecule has 0 saturated carbocycles. The zero-order chi connectivity index (χ0) is 34.5. The van der Waals surface area contributed by atoms with Gasteiger partial charge in [-0.15, -0.1) is 0 Å². The van der Waals surface area contributed by atoms with E-state index in [9.17, 15) is 13.2 Å². The van der Waals surface area contributed by atoms with E-state index >= 15 is 0 Å². The Morgan fingerprint density at radius 1 is 0.812 bits per heavy atom. The Bertz CT molecular complexity index is 1570. The number of rotatable bonds is 18. The van der Waals surface area contributed by atoms with E-state index in [2.05, 4.69) is 5.32 Å². The molecule has 0 bridgehead atoms. The van der Waals surface area contributed by atoms with Crippen LogP contribution in [0.2, 0.25) is 0 Å². The van der Waals surface area contributed by atoms with Gasteiger partial charge in [-0.1, -0.05) is 44.2 Å². The van der Waals surface area contributed by atoms with Gasteiger partial charge in [0.05, 0.1) is 52.5 Å². The molecule has 12 heteroatoms. The van der Waals surface area contributed by atoms with Crippen LogP contribution < -0.4 is 29.0 Å². The van der Waals surface area contributed by atoms with Crippen LogP contribution in [0.1, 0.15) is 74.8 Å². The van der Waals surface area contributed by atoms with Crippen molar-refractivity contribution in [3.63, 3.8) is 0 Å². The molecule has 1 saturated heterocycles. The van der Waals surface area contributed by atoms with E-state index in [1.165, 1.54) is 0 Å². The molecule has 3 aromatic carbocycles. The summed E-state index contributed by atoms with van der Waals surface area (Å²) in [6.07, 6.45) is 1.73. The number of hydrogen-bond donors (Lipinski definition) is 1. The van der Waals surface area contributed by atoms with Crippen LogP contribution >= 0.6 is 0 Å². The fourth-order valence-corrected chi connectivity index (χ4v) is 6.99. The van der Waals surface area contributed by atoms with Gasteiger partial charge in [-0.2, -0.15) is 0 Å². The highest BCUT2D eigenvalue weighted by molar-refractivity contribution is 7.91. The molecule has 0 unspecified atom stereocenters. The van der Waals surface area contributed by atoms with Gasteiger partial charge in [-0.25, -0.2) is 13.2 Å². The molecule has 0 aliphatic carbocycles.